The molecule has 0 saturated heterocycles. The molecule has 0 spiro atoms. The number of benzene rings is 3. The molecular weight excluding hydrogens is 456 g/mol. The molecule has 0 bridgehead atoms. The van der Waals surface area contributed by atoms with Gasteiger partial charge in [-0.05, 0) is 47.9 Å². The van der Waals surface area contributed by atoms with E-state index in [1.807, 2.05) is 48.5 Å². The van der Waals surface area contributed by atoms with Gasteiger partial charge in [0.05, 0.1) is 24.6 Å². The lowest BCUT2D eigenvalue weighted by Crippen LogP contribution is -2.29. The van der Waals surface area contributed by atoms with Crippen molar-refractivity contribution in [3.63, 3.8) is 0 Å². The Kier molecular flexibility index (Phi) is 6.76. The molecular formula is C25H26N2O6S. The van der Waals surface area contributed by atoms with Crippen molar-refractivity contribution in [1.82, 2.24) is 9.29 Å². The van der Waals surface area contributed by atoms with E-state index in [1.165, 1.54) is 29.8 Å². The van der Waals surface area contributed by atoms with Gasteiger partial charge in [-0.25, -0.2) is 17.9 Å². The molecule has 0 aliphatic carbocycles. The molecule has 0 fully saturated rings. The van der Waals surface area contributed by atoms with Crippen LogP contribution in [0.3, 0.4) is 0 Å². The van der Waals surface area contributed by atoms with E-state index in [0.717, 1.165) is 11.1 Å². The Morgan fingerprint density at radius 1 is 0.971 bits per heavy atom. The highest BCUT2D eigenvalue weighted by Crippen LogP contribution is 2.32. The van der Waals surface area contributed by atoms with Gasteiger partial charge in [0.25, 0.3) is 0 Å². The third kappa shape index (κ3) is 4.85. The summed E-state index contributed by atoms with van der Waals surface area (Å²) in [5, 5.41) is 0. The Bertz CT molecular complexity index is 1460. The minimum Gasteiger partial charge on any atom is -0.493 e. The van der Waals surface area contributed by atoms with E-state index in [1.54, 1.807) is 14.2 Å². The maximum absolute atomic E-state index is 13.1. The summed E-state index contributed by atoms with van der Waals surface area (Å²) in [5.74, 6) is 0.462. The molecule has 9 heteroatoms. The smallest absolute Gasteiger partial charge is 0.419 e. The second kappa shape index (κ2) is 9.74. The first-order valence-electron chi connectivity index (χ1n) is 10.7. The lowest BCUT2D eigenvalue weighted by molar-refractivity contribution is 0.354. The molecule has 178 valence electrons. The maximum atomic E-state index is 13.1. The van der Waals surface area contributed by atoms with Gasteiger partial charge in [0.15, 0.2) is 17.1 Å². The van der Waals surface area contributed by atoms with Crippen molar-refractivity contribution < 1.29 is 22.3 Å². The van der Waals surface area contributed by atoms with Crippen molar-refractivity contribution in [3.8, 4) is 11.5 Å². The number of fused-ring (bicyclic) bond motifs is 1. The highest BCUT2D eigenvalue weighted by atomic mass is 32.2. The lowest BCUT2D eigenvalue weighted by Gasteiger charge is -2.20. The first kappa shape index (κ1) is 23.6. The fourth-order valence-corrected chi connectivity index (χ4v) is 4.98. The molecule has 0 aliphatic heterocycles. The number of nitrogens with one attached hydrogen (secondary N) is 1. The average molecular weight is 483 g/mol. The van der Waals surface area contributed by atoms with Crippen LogP contribution in [0.1, 0.15) is 17.0 Å². The van der Waals surface area contributed by atoms with Crippen molar-refractivity contribution in [2.24, 2.45) is 7.05 Å². The Morgan fingerprint density at radius 3 is 2.41 bits per heavy atom. The van der Waals surface area contributed by atoms with Crippen LogP contribution in [0.25, 0.3) is 11.1 Å². The Balaban J connectivity index is 1.63. The van der Waals surface area contributed by atoms with Crippen LogP contribution in [0.15, 0.2) is 80.8 Å². The molecule has 1 N–H and O–H groups in total. The van der Waals surface area contributed by atoms with Gasteiger partial charge in [-0.1, -0.05) is 36.4 Å². The largest absolute Gasteiger partial charge is 0.493 e. The summed E-state index contributed by atoms with van der Waals surface area (Å²) in [5.41, 5.74) is 2.74. The molecule has 0 saturated carbocycles. The standard InChI is InChI=1S/C25H26N2O6S/c1-27-21-15-20(10-12-22(21)33-25(27)28)34(29,30)26-16-19(13-17-7-5-4-6-8-17)18-9-11-23(31-2)24(14-18)32-3/h4-12,14-15,19,26H,13,16H2,1-3H3. The molecule has 1 aromatic heterocycles. The number of aromatic nitrogens is 1. The summed E-state index contributed by atoms with van der Waals surface area (Å²) in [4.78, 5) is 11.8. The molecule has 0 amide bonds. The van der Waals surface area contributed by atoms with Crippen molar-refractivity contribution in [2.75, 3.05) is 20.8 Å². The molecule has 1 heterocycles. The number of sulfonamides is 1. The maximum Gasteiger partial charge on any atom is 0.419 e. The quantitative estimate of drug-likeness (QED) is 0.392. The Hall–Kier alpha value is -3.56. The molecule has 0 radical (unpaired) electrons. The third-order valence-corrected chi connectivity index (χ3v) is 7.22. The lowest BCUT2D eigenvalue weighted by atomic mass is 9.92. The molecule has 4 rings (SSSR count). The zero-order valence-electron chi connectivity index (χ0n) is 19.1. The predicted octanol–water partition coefficient (Wildman–Crippen LogP) is 3.45. The number of aryl methyl sites for hydroxylation is 1. The van der Waals surface area contributed by atoms with Crippen LogP contribution < -0.4 is 20.0 Å². The number of hydrogen-bond donors (Lipinski definition) is 1. The highest BCUT2D eigenvalue weighted by molar-refractivity contribution is 7.89. The van der Waals surface area contributed by atoms with Crippen molar-refractivity contribution in [3.05, 3.63) is 88.4 Å². The van der Waals surface area contributed by atoms with Crippen LogP contribution >= 0.6 is 0 Å². The Morgan fingerprint density at radius 2 is 1.71 bits per heavy atom. The summed E-state index contributed by atoms with van der Waals surface area (Å²) in [6.07, 6.45) is 0.619. The number of methoxy groups -OCH3 is 2. The van der Waals surface area contributed by atoms with Crippen molar-refractivity contribution in [1.29, 1.82) is 0 Å². The van der Waals surface area contributed by atoms with Crippen molar-refractivity contribution >= 4 is 21.1 Å². The monoisotopic (exact) mass is 482 g/mol. The zero-order chi connectivity index (χ0) is 24.3. The van der Waals surface area contributed by atoms with Gasteiger partial charge in [-0.15, -0.1) is 0 Å². The molecule has 1 unspecified atom stereocenters. The molecule has 1 atom stereocenters. The second-order valence-electron chi connectivity index (χ2n) is 7.91. The molecule has 34 heavy (non-hydrogen) atoms. The fourth-order valence-electron chi connectivity index (χ4n) is 3.88. The third-order valence-electron chi connectivity index (χ3n) is 5.80. The summed E-state index contributed by atoms with van der Waals surface area (Å²) in [6, 6.07) is 19.8. The number of rotatable bonds is 9. The van der Waals surface area contributed by atoms with Gasteiger partial charge in [-0.3, -0.25) is 4.57 Å². The van der Waals surface area contributed by atoms with Gasteiger partial charge in [0.2, 0.25) is 10.0 Å². The van der Waals surface area contributed by atoms with Crippen LogP contribution in [0.2, 0.25) is 0 Å². The number of oxazole rings is 1. The number of ether oxygens (including phenoxy) is 2. The van der Waals surface area contributed by atoms with Gasteiger partial charge in [0, 0.05) is 19.5 Å². The van der Waals surface area contributed by atoms with Crippen molar-refractivity contribution in [2.45, 2.75) is 17.2 Å². The summed E-state index contributed by atoms with van der Waals surface area (Å²) >= 11 is 0. The topological polar surface area (TPSA) is 99.8 Å². The second-order valence-corrected chi connectivity index (χ2v) is 9.68. The summed E-state index contributed by atoms with van der Waals surface area (Å²) < 4.78 is 46.2. The van der Waals surface area contributed by atoms with Crippen LogP contribution in [0.4, 0.5) is 0 Å². The first-order valence-corrected chi connectivity index (χ1v) is 12.2. The molecule has 0 aliphatic rings. The Labute approximate surface area is 197 Å². The molecule has 3 aromatic carbocycles. The predicted molar refractivity (Wildman–Crippen MR) is 129 cm³/mol. The van der Waals surface area contributed by atoms with E-state index in [-0.39, 0.29) is 17.4 Å². The van der Waals surface area contributed by atoms with Gasteiger partial charge >= 0.3 is 5.76 Å². The van der Waals surface area contributed by atoms with E-state index in [9.17, 15) is 13.2 Å². The first-order chi connectivity index (χ1) is 16.3. The van der Waals surface area contributed by atoms with Crippen LogP contribution in [-0.4, -0.2) is 33.7 Å². The fraction of sp³-hybridized carbons (Fsp3) is 0.240. The van der Waals surface area contributed by atoms with E-state index in [2.05, 4.69) is 4.72 Å². The van der Waals surface area contributed by atoms with E-state index >= 15 is 0 Å². The zero-order valence-corrected chi connectivity index (χ0v) is 20.0. The van der Waals surface area contributed by atoms with Gasteiger partial charge < -0.3 is 13.9 Å². The van der Waals surface area contributed by atoms with Crippen LogP contribution in [0.5, 0.6) is 11.5 Å². The van der Waals surface area contributed by atoms with Crippen LogP contribution in [0, 0.1) is 0 Å². The van der Waals surface area contributed by atoms with E-state index < -0.39 is 15.8 Å². The number of nitrogens with zero attached hydrogens (tertiary/aromatic N) is 1. The average Bonchev–Trinajstić information content (AvgIpc) is 3.14. The summed E-state index contributed by atoms with van der Waals surface area (Å²) in [6.45, 7) is 0.162. The minimum absolute atomic E-state index is 0.0576. The van der Waals surface area contributed by atoms with E-state index in [4.69, 9.17) is 13.9 Å². The van der Waals surface area contributed by atoms with E-state index in [0.29, 0.717) is 29.0 Å². The molecule has 4 aromatic rings. The van der Waals surface area contributed by atoms with Gasteiger partial charge in [-0.2, -0.15) is 0 Å². The normalized spacial score (nSPS) is 12.6. The summed E-state index contributed by atoms with van der Waals surface area (Å²) in [7, 11) is 0.821. The minimum atomic E-state index is -3.85. The SMILES string of the molecule is COc1ccc(C(CNS(=O)(=O)c2ccc3oc(=O)n(C)c3c2)Cc2ccccc2)cc1OC. The van der Waals surface area contributed by atoms with Gasteiger partial charge in [0.1, 0.15) is 0 Å². The molecule has 8 nitrogen and oxygen atoms in total. The highest BCUT2D eigenvalue weighted by Gasteiger charge is 2.21. The van der Waals surface area contributed by atoms with Crippen LogP contribution in [-0.2, 0) is 23.5 Å². The number of hydrogen-bond acceptors (Lipinski definition) is 6.